The van der Waals surface area contributed by atoms with Crippen LogP contribution in [0.25, 0.3) is 0 Å². The van der Waals surface area contributed by atoms with E-state index in [9.17, 15) is 4.79 Å². The van der Waals surface area contributed by atoms with Crippen molar-refractivity contribution in [1.29, 1.82) is 0 Å². The maximum Gasteiger partial charge on any atom is 0.253 e. The van der Waals surface area contributed by atoms with Crippen molar-refractivity contribution in [3.8, 4) is 0 Å². The van der Waals surface area contributed by atoms with Crippen molar-refractivity contribution in [2.24, 2.45) is 0 Å². The molecule has 2 aromatic rings. The third kappa shape index (κ3) is 3.31. The lowest BCUT2D eigenvalue weighted by Gasteiger charge is -2.37. The van der Waals surface area contributed by atoms with Crippen LogP contribution in [0.2, 0.25) is 0 Å². The molecule has 0 unspecified atom stereocenters. The molecule has 23 heavy (non-hydrogen) atoms. The van der Waals surface area contributed by atoms with Gasteiger partial charge in [0, 0.05) is 43.1 Å². The Morgan fingerprint density at radius 1 is 0.957 bits per heavy atom. The fraction of sp³-hybridized carbons (Fsp3) is 0.316. The van der Waals surface area contributed by atoms with E-state index in [1.807, 2.05) is 4.90 Å². The second-order valence-corrected chi connectivity index (χ2v) is 6.19. The molecule has 0 aromatic heterocycles. The molecule has 1 saturated heterocycles. The van der Waals surface area contributed by atoms with E-state index in [1.165, 1.54) is 16.8 Å². The number of anilines is 2. The number of nitrogen functional groups attached to an aromatic ring is 1. The van der Waals surface area contributed by atoms with Gasteiger partial charge in [0.1, 0.15) is 0 Å². The summed E-state index contributed by atoms with van der Waals surface area (Å²) in [5, 5.41) is 0. The van der Waals surface area contributed by atoms with Crippen molar-refractivity contribution in [2.45, 2.75) is 13.8 Å². The highest BCUT2D eigenvalue weighted by Crippen LogP contribution is 2.23. The van der Waals surface area contributed by atoms with E-state index in [0.29, 0.717) is 11.3 Å². The lowest BCUT2D eigenvalue weighted by atomic mass is 10.1. The summed E-state index contributed by atoms with van der Waals surface area (Å²) in [5.41, 5.74) is 10.9. The number of piperazine rings is 1. The molecular formula is C19H23N3O. The molecule has 0 saturated carbocycles. The van der Waals surface area contributed by atoms with Crippen LogP contribution in [-0.4, -0.2) is 37.0 Å². The van der Waals surface area contributed by atoms with Crippen molar-refractivity contribution < 1.29 is 4.79 Å². The van der Waals surface area contributed by atoms with Crippen LogP contribution < -0.4 is 10.6 Å². The van der Waals surface area contributed by atoms with Gasteiger partial charge >= 0.3 is 0 Å². The summed E-state index contributed by atoms with van der Waals surface area (Å²) < 4.78 is 0. The summed E-state index contributed by atoms with van der Waals surface area (Å²) in [4.78, 5) is 16.8. The highest BCUT2D eigenvalue weighted by molar-refractivity contribution is 5.94. The molecule has 0 aliphatic carbocycles. The summed E-state index contributed by atoms with van der Waals surface area (Å²) in [7, 11) is 0. The van der Waals surface area contributed by atoms with E-state index in [-0.39, 0.29) is 5.91 Å². The first-order chi connectivity index (χ1) is 11.0. The van der Waals surface area contributed by atoms with E-state index < -0.39 is 0 Å². The molecule has 0 atom stereocenters. The quantitative estimate of drug-likeness (QED) is 0.868. The summed E-state index contributed by atoms with van der Waals surface area (Å²) in [5.74, 6) is 0.0882. The first-order valence-electron chi connectivity index (χ1n) is 8.01. The number of carbonyl (C=O) groups excluding carboxylic acids is 1. The monoisotopic (exact) mass is 309 g/mol. The highest BCUT2D eigenvalue weighted by Gasteiger charge is 2.22. The molecule has 2 aromatic carbocycles. The van der Waals surface area contributed by atoms with Gasteiger partial charge in [0.25, 0.3) is 5.91 Å². The van der Waals surface area contributed by atoms with E-state index >= 15 is 0 Å². The van der Waals surface area contributed by atoms with Gasteiger partial charge in [-0.15, -0.1) is 0 Å². The van der Waals surface area contributed by atoms with Gasteiger partial charge < -0.3 is 15.5 Å². The first-order valence-corrected chi connectivity index (χ1v) is 8.01. The number of rotatable bonds is 2. The van der Waals surface area contributed by atoms with Crippen molar-refractivity contribution in [1.82, 2.24) is 4.90 Å². The Kier molecular flexibility index (Phi) is 4.24. The van der Waals surface area contributed by atoms with Gasteiger partial charge in [0.2, 0.25) is 0 Å². The minimum atomic E-state index is 0.0882. The summed E-state index contributed by atoms with van der Waals surface area (Å²) in [6, 6.07) is 13.7. The fourth-order valence-corrected chi connectivity index (χ4v) is 3.12. The zero-order valence-electron chi connectivity index (χ0n) is 13.7. The number of amides is 1. The molecule has 0 spiro atoms. The van der Waals surface area contributed by atoms with Gasteiger partial charge in [-0.25, -0.2) is 0 Å². The number of nitrogens with zero attached hydrogens (tertiary/aromatic N) is 2. The second-order valence-electron chi connectivity index (χ2n) is 6.19. The van der Waals surface area contributed by atoms with Crippen LogP contribution in [0, 0.1) is 13.8 Å². The second kappa shape index (κ2) is 6.32. The maximum absolute atomic E-state index is 12.5. The van der Waals surface area contributed by atoms with Gasteiger partial charge in [0.05, 0.1) is 0 Å². The fourth-order valence-electron chi connectivity index (χ4n) is 3.12. The maximum atomic E-state index is 12.5. The standard InChI is InChI=1S/C19H23N3O/c1-14-3-8-18(15(2)13-14)21-9-11-22(12-10-21)19(23)16-4-6-17(20)7-5-16/h3-8,13H,9-12,20H2,1-2H3. The van der Waals surface area contributed by atoms with Crippen LogP contribution in [0.4, 0.5) is 11.4 Å². The van der Waals surface area contributed by atoms with E-state index in [2.05, 4.69) is 36.9 Å². The van der Waals surface area contributed by atoms with Crippen molar-refractivity contribution >= 4 is 17.3 Å². The molecule has 4 heteroatoms. The molecule has 1 aliphatic heterocycles. The zero-order chi connectivity index (χ0) is 16.4. The van der Waals surface area contributed by atoms with Crippen LogP contribution in [0.1, 0.15) is 21.5 Å². The summed E-state index contributed by atoms with van der Waals surface area (Å²) in [6.07, 6.45) is 0. The number of benzene rings is 2. The molecule has 4 nitrogen and oxygen atoms in total. The van der Waals surface area contributed by atoms with Crippen molar-refractivity contribution in [2.75, 3.05) is 36.8 Å². The smallest absolute Gasteiger partial charge is 0.253 e. The van der Waals surface area contributed by atoms with Gasteiger partial charge in [-0.2, -0.15) is 0 Å². The molecule has 1 fully saturated rings. The van der Waals surface area contributed by atoms with E-state index in [0.717, 1.165) is 26.2 Å². The lowest BCUT2D eigenvalue weighted by Crippen LogP contribution is -2.49. The zero-order valence-corrected chi connectivity index (χ0v) is 13.7. The summed E-state index contributed by atoms with van der Waals surface area (Å²) in [6.45, 7) is 7.48. The third-order valence-electron chi connectivity index (χ3n) is 4.42. The molecule has 2 N–H and O–H groups in total. The van der Waals surface area contributed by atoms with Crippen LogP contribution in [0.15, 0.2) is 42.5 Å². The molecule has 1 aliphatic rings. The van der Waals surface area contributed by atoms with Crippen LogP contribution in [0.3, 0.4) is 0 Å². The van der Waals surface area contributed by atoms with Gasteiger partial charge in [-0.1, -0.05) is 17.7 Å². The Bertz CT molecular complexity index is 701. The Hall–Kier alpha value is -2.49. The highest BCUT2D eigenvalue weighted by atomic mass is 16.2. The normalized spacial score (nSPS) is 14.9. The largest absolute Gasteiger partial charge is 0.399 e. The van der Waals surface area contributed by atoms with Crippen molar-refractivity contribution in [3.63, 3.8) is 0 Å². The predicted molar refractivity (Wildman–Crippen MR) is 94.9 cm³/mol. The first kappa shape index (κ1) is 15.4. The number of hydrogen-bond acceptors (Lipinski definition) is 3. The Labute approximate surface area is 137 Å². The van der Waals surface area contributed by atoms with E-state index in [4.69, 9.17) is 5.73 Å². The van der Waals surface area contributed by atoms with Gasteiger partial charge in [0.15, 0.2) is 0 Å². The average molecular weight is 309 g/mol. The molecule has 0 radical (unpaired) electrons. The van der Waals surface area contributed by atoms with E-state index in [1.54, 1.807) is 24.3 Å². The topological polar surface area (TPSA) is 49.6 Å². The van der Waals surface area contributed by atoms with Gasteiger partial charge in [-0.05, 0) is 49.7 Å². The van der Waals surface area contributed by atoms with Crippen LogP contribution >= 0.6 is 0 Å². The lowest BCUT2D eigenvalue weighted by molar-refractivity contribution is 0.0747. The minimum absolute atomic E-state index is 0.0882. The summed E-state index contributed by atoms with van der Waals surface area (Å²) >= 11 is 0. The Morgan fingerprint density at radius 3 is 2.22 bits per heavy atom. The SMILES string of the molecule is Cc1ccc(N2CCN(C(=O)c3ccc(N)cc3)CC2)c(C)c1. The number of hydrogen-bond donors (Lipinski definition) is 1. The molecular weight excluding hydrogens is 286 g/mol. The third-order valence-corrected chi connectivity index (χ3v) is 4.42. The Morgan fingerprint density at radius 2 is 1.61 bits per heavy atom. The van der Waals surface area contributed by atoms with Crippen molar-refractivity contribution in [3.05, 3.63) is 59.2 Å². The average Bonchev–Trinajstić information content (AvgIpc) is 2.55. The number of nitrogens with two attached hydrogens (primary N) is 1. The van der Waals surface area contributed by atoms with Gasteiger partial charge in [-0.3, -0.25) is 4.79 Å². The minimum Gasteiger partial charge on any atom is -0.399 e. The van der Waals surface area contributed by atoms with Crippen LogP contribution in [0.5, 0.6) is 0 Å². The molecule has 120 valence electrons. The Balaban J connectivity index is 1.66. The number of carbonyl (C=O) groups is 1. The number of aryl methyl sites for hydroxylation is 2. The molecule has 1 heterocycles. The predicted octanol–water partition coefficient (Wildman–Crippen LogP) is 2.85. The molecule has 3 rings (SSSR count). The molecule has 1 amide bonds. The van der Waals surface area contributed by atoms with Crippen LogP contribution in [-0.2, 0) is 0 Å². The molecule has 0 bridgehead atoms.